The van der Waals surface area contributed by atoms with Crippen LogP contribution >= 0.6 is 0 Å². The molecule has 0 unspecified atom stereocenters. The Balaban J connectivity index is 1.19. The Kier molecular flexibility index (Phi) is 11.3. The number of methoxy groups -OCH3 is 1. The Morgan fingerprint density at radius 3 is 2.50 bits per heavy atom. The molecule has 5 aliphatic rings. The number of aliphatic hydroxyl groups excluding tert-OH is 1. The molecule has 2 bridgehead atoms. The summed E-state index contributed by atoms with van der Waals surface area (Å²) in [5, 5.41) is 19.2. The van der Waals surface area contributed by atoms with Crippen LogP contribution in [0.3, 0.4) is 0 Å². The van der Waals surface area contributed by atoms with Crippen LogP contribution in [0.4, 0.5) is 0 Å². The standard InChI is InChI=1S/C41H60N4O5/c1-25-34-20-31(41(34,3)4)21-35(25)42-40(48)37-33(26(2)46)24-50-45(37)22-30-17-12-18-32(38(30)49-7)28-15-11-16-29(19-28)39(47)43-36(23-44(5)6)27-13-9-8-10-14-27/h11-12,15-19,25-27,31,33-37,46H,8-10,13-14,20-24H2,1-7H3,(H,42,48)(H,43,47)/t25-,26-,31+,33-,34-,35-,36+,37-/m0/s1. The molecule has 2 amide bonds. The van der Waals surface area contributed by atoms with Crippen LogP contribution in [0.15, 0.2) is 42.5 Å². The van der Waals surface area contributed by atoms with E-state index in [2.05, 4.69) is 50.4 Å². The fourth-order valence-corrected chi connectivity index (χ4v) is 9.72. The van der Waals surface area contributed by atoms with Crippen molar-refractivity contribution >= 4 is 11.8 Å². The summed E-state index contributed by atoms with van der Waals surface area (Å²) in [6, 6.07) is 13.3. The van der Waals surface area contributed by atoms with E-state index >= 15 is 0 Å². The molecule has 50 heavy (non-hydrogen) atoms. The second kappa shape index (κ2) is 15.3. The van der Waals surface area contributed by atoms with E-state index in [9.17, 15) is 14.7 Å². The van der Waals surface area contributed by atoms with Gasteiger partial charge in [-0.2, -0.15) is 5.06 Å². The van der Waals surface area contributed by atoms with Gasteiger partial charge in [-0.1, -0.05) is 70.4 Å². The van der Waals surface area contributed by atoms with Crippen LogP contribution in [-0.2, 0) is 16.2 Å². The first kappa shape index (κ1) is 36.8. The Morgan fingerprint density at radius 1 is 1.10 bits per heavy atom. The Morgan fingerprint density at radius 2 is 1.84 bits per heavy atom. The molecule has 0 radical (unpaired) electrons. The van der Waals surface area contributed by atoms with Crippen LogP contribution in [0.2, 0.25) is 0 Å². The van der Waals surface area contributed by atoms with Gasteiger partial charge in [0.05, 0.1) is 26.4 Å². The van der Waals surface area contributed by atoms with Gasteiger partial charge in [0, 0.05) is 41.2 Å². The SMILES string of the molecule is COc1c(CN2OC[C@@H]([C@H](C)O)[C@H]2C(=O)N[C@H]2C[C@H]3C[C@@H]([C@@H]2C)C3(C)C)cccc1-c1cccc(C(=O)N[C@H](CN(C)C)C2CCCCC2)c1. The highest BCUT2D eigenvalue weighted by Gasteiger charge is 2.57. The van der Waals surface area contributed by atoms with Gasteiger partial charge in [-0.15, -0.1) is 0 Å². The van der Waals surface area contributed by atoms with Gasteiger partial charge in [-0.25, -0.2) is 0 Å². The molecule has 0 aromatic heterocycles. The highest BCUT2D eigenvalue weighted by molar-refractivity contribution is 5.96. The van der Waals surface area contributed by atoms with Gasteiger partial charge >= 0.3 is 0 Å². The van der Waals surface area contributed by atoms with E-state index in [1.54, 1.807) is 19.1 Å². The first-order valence-electron chi connectivity index (χ1n) is 19.0. The molecule has 4 aliphatic carbocycles. The van der Waals surface area contributed by atoms with E-state index in [1.165, 1.54) is 25.7 Å². The molecule has 1 heterocycles. The number of hydroxylamine groups is 2. The Bertz CT molecular complexity index is 1500. The van der Waals surface area contributed by atoms with E-state index in [1.807, 2.05) is 42.5 Å². The molecule has 9 heteroatoms. The van der Waals surface area contributed by atoms with Crippen molar-refractivity contribution in [2.45, 2.75) is 103 Å². The number of ether oxygens (including phenoxy) is 1. The van der Waals surface area contributed by atoms with Crippen molar-refractivity contribution in [3.63, 3.8) is 0 Å². The first-order chi connectivity index (χ1) is 23.9. The monoisotopic (exact) mass is 688 g/mol. The van der Waals surface area contributed by atoms with Crippen molar-refractivity contribution in [1.82, 2.24) is 20.6 Å². The Labute approximate surface area is 299 Å². The highest BCUT2D eigenvalue weighted by Crippen LogP contribution is 2.61. The van der Waals surface area contributed by atoms with E-state index in [0.717, 1.165) is 42.5 Å². The maximum absolute atomic E-state index is 14.0. The summed E-state index contributed by atoms with van der Waals surface area (Å²) in [4.78, 5) is 36.0. The molecule has 8 atom stereocenters. The summed E-state index contributed by atoms with van der Waals surface area (Å²) in [5.41, 5.74) is 3.55. The molecule has 1 aliphatic heterocycles. The highest BCUT2D eigenvalue weighted by atomic mass is 16.7. The van der Waals surface area contributed by atoms with Crippen molar-refractivity contribution in [2.24, 2.45) is 35.0 Å². The van der Waals surface area contributed by atoms with Crippen LogP contribution in [0.1, 0.15) is 88.6 Å². The molecule has 1 saturated heterocycles. The molecule has 7 rings (SSSR count). The van der Waals surface area contributed by atoms with Crippen molar-refractivity contribution < 1.29 is 24.3 Å². The lowest BCUT2D eigenvalue weighted by Gasteiger charge is -2.62. The number of para-hydroxylation sites is 1. The second-order valence-corrected chi connectivity index (χ2v) is 16.6. The maximum atomic E-state index is 14.0. The van der Waals surface area contributed by atoms with E-state index in [-0.39, 0.29) is 36.4 Å². The third-order valence-corrected chi connectivity index (χ3v) is 12.9. The molecule has 9 nitrogen and oxygen atoms in total. The number of benzene rings is 2. The fourth-order valence-electron chi connectivity index (χ4n) is 9.72. The lowest BCUT2D eigenvalue weighted by molar-refractivity contribution is -0.161. The lowest BCUT2D eigenvalue weighted by atomic mass is 9.45. The number of nitrogens with zero attached hydrogens (tertiary/aromatic N) is 2. The van der Waals surface area contributed by atoms with Gasteiger partial charge < -0.3 is 25.4 Å². The van der Waals surface area contributed by atoms with Crippen molar-refractivity contribution in [1.29, 1.82) is 0 Å². The topological polar surface area (TPSA) is 103 Å². The number of rotatable bonds is 12. The average Bonchev–Trinajstić information content (AvgIpc) is 3.52. The second-order valence-electron chi connectivity index (χ2n) is 16.6. The van der Waals surface area contributed by atoms with Crippen molar-refractivity contribution in [2.75, 3.05) is 34.4 Å². The predicted molar refractivity (Wildman–Crippen MR) is 196 cm³/mol. The molecule has 2 aromatic carbocycles. The van der Waals surface area contributed by atoms with Crippen LogP contribution < -0.4 is 15.4 Å². The zero-order valence-corrected chi connectivity index (χ0v) is 31.3. The normalized spacial score (nSPS) is 29.2. The quantitative estimate of drug-likeness (QED) is 0.255. The van der Waals surface area contributed by atoms with Crippen LogP contribution in [0, 0.1) is 35.0 Å². The molecule has 5 fully saturated rings. The van der Waals surface area contributed by atoms with Gasteiger partial charge in [0.25, 0.3) is 5.91 Å². The number of fused-ring (bicyclic) bond motifs is 2. The van der Waals surface area contributed by atoms with E-state index in [0.29, 0.717) is 46.9 Å². The zero-order valence-electron chi connectivity index (χ0n) is 31.3. The van der Waals surface area contributed by atoms with Gasteiger partial charge in [0.15, 0.2) is 0 Å². The minimum Gasteiger partial charge on any atom is -0.496 e. The van der Waals surface area contributed by atoms with E-state index < -0.39 is 12.1 Å². The number of aliphatic hydroxyl groups is 1. The third-order valence-electron chi connectivity index (χ3n) is 12.9. The average molecular weight is 689 g/mol. The van der Waals surface area contributed by atoms with Gasteiger partial charge in [-0.05, 0) is 93.5 Å². The molecule has 274 valence electrons. The van der Waals surface area contributed by atoms with Gasteiger partial charge in [0.1, 0.15) is 11.8 Å². The predicted octanol–water partition coefficient (Wildman–Crippen LogP) is 5.90. The maximum Gasteiger partial charge on any atom is 0.251 e. The van der Waals surface area contributed by atoms with E-state index in [4.69, 9.17) is 9.57 Å². The summed E-state index contributed by atoms with van der Waals surface area (Å²) in [7, 11) is 5.78. The molecule has 4 saturated carbocycles. The van der Waals surface area contributed by atoms with Gasteiger partial charge in [-0.3, -0.25) is 14.4 Å². The van der Waals surface area contributed by atoms with Crippen LogP contribution in [0.5, 0.6) is 5.75 Å². The molecule has 2 aromatic rings. The minimum absolute atomic E-state index is 0.0592. The minimum atomic E-state index is -0.704. The largest absolute Gasteiger partial charge is 0.496 e. The summed E-state index contributed by atoms with van der Waals surface area (Å²) < 4.78 is 6.03. The van der Waals surface area contributed by atoms with Crippen LogP contribution in [0.25, 0.3) is 11.1 Å². The first-order valence-corrected chi connectivity index (χ1v) is 19.0. The van der Waals surface area contributed by atoms with Crippen molar-refractivity contribution in [3.05, 3.63) is 53.6 Å². The molecular formula is C41H60N4O5. The number of hydrogen-bond acceptors (Lipinski definition) is 7. The number of amides is 2. The number of hydrogen-bond donors (Lipinski definition) is 3. The summed E-state index contributed by atoms with van der Waals surface area (Å²) in [6.45, 7) is 10.1. The zero-order chi connectivity index (χ0) is 35.7. The smallest absolute Gasteiger partial charge is 0.251 e. The number of nitrogens with one attached hydrogen (secondary N) is 2. The fraction of sp³-hybridized carbons (Fsp3) is 0.659. The van der Waals surface area contributed by atoms with Crippen molar-refractivity contribution in [3.8, 4) is 16.9 Å². The van der Waals surface area contributed by atoms with Gasteiger partial charge in [0.2, 0.25) is 5.91 Å². The third kappa shape index (κ3) is 7.48. The molecule has 0 spiro atoms. The summed E-state index contributed by atoms with van der Waals surface area (Å²) in [6.07, 6.45) is 7.57. The molecule has 3 N–H and O–H groups in total. The summed E-state index contributed by atoms with van der Waals surface area (Å²) in [5.74, 6) is 2.31. The Hall–Kier alpha value is -2.98. The number of likely N-dealkylation sites (N-methyl/N-ethyl adjacent to an activating group) is 1. The summed E-state index contributed by atoms with van der Waals surface area (Å²) >= 11 is 0. The number of carbonyl (C=O) groups is 2. The molecular weight excluding hydrogens is 628 g/mol. The van der Waals surface area contributed by atoms with Crippen LogP contribution in [-0.4, -0.2) is 85.5 Å². The lowest BCUT2D eigenvalue weighted by Crippen LogP contribution is -2.62. The number of carbonyl (C=O) groups excluding carboxylic acids is 2.